The third-order valence-corrected chi connectivity index (χ3v) is 4.90. The van der Waals surface area contributed by atoms with E-state index in [4.69, 9.17) is 10.5 Å². The van der Waals surface area contributed by atoms with E-state index in [-0.39, 0.29) is 23.6 Å². The lowest BCUT2D eigenvalue weighted by atomic mass is 10.0. The third-order valence-electron chi connectivity index (χ3n) is 3.85. The smallest absolute Gasteiger partial charge is 0.143 e. The van der Waals surface area contributed by atoms with E-state index in [1.165, 1.54) is 18.0 Å². The van der Waals surface area contributed by atoms with Gasteiger partial charge in [-0.1, -0.05) is 6.07 Å². The molecule has 144 valence electrons. The number of hydrogen-bond acceptors (Lipinski definition) is 8. The average Bonchev–Trinajstić information content (AvgIpc) is 2.76. The summed E-state index contributed by atoms with van der Waals surface area (Å²) in [6.45, 7) is -0.692. The van der Waals surface area contributed by atoms with Crippen LogP contribution in [0.4, 0.5) is 10.2 Å². The van der Waals surface area contributed by atoms with E-state index in [1.54, 1.807) is 24.5 Å². The number of aromatic nitrogens is 3. The molecule has 0 amide bonds. The van der Waals surface area contributed by atoms with Crippen molar-refractivity contribution in [2.75, 3.05) is 19.0 Å². The maximum absolute atomic E-state index is 12.3. The molecule has 0 atom stereocenters. The first kappa shape index (κ1) is 20.1. The Morgan fingerprint density at radius 2 is 1.97 bits per heavy atom. The maximum atomic E-state index is 12.3. The highest BCUT2D eigenvalue weighted by molar-refractivity contribution is 7.98. The maximum Gasteiger partial charge on any atom is 0.143 e. The number of anilines is 1. The van der Waals surface area contributed by atoms with Crippen LogP contribution in [0.3, 0.4) is 0 Å². The normalized spacial score (nSPS) is 10.2. The molecule has 0 saturated heterocycles. The van der Waals surface area contributed by atoms with E-state index in [0.717, 1.165) is 5.56 Å². The van der Waals surface area contributed by atoms with Crippen molar-refractivity contribution >= 4 is 17.6 Å². The Balaban J connectivity index is 2.02. The number of thioether (sulfide) groups is 1. The van der Waals surface area contributed by atoms with Crippen molar-refractivity contribution in [1.82, 2.24) is 15.0 Å². The lowest BCUT2D eigenvalue weighted by Gasteiger charge is -2.13. The Bertz CT molecular complexity index is 1080. The molecular weight excluding hydrogens is 391 g/mol. The minimum atomic E-state index is -0.614. The Hall–Kier alpha value is -3.69. The van der Waals surface area contributed by atoms with E-state index < -0.39 is 6.67 Å². The summed E-state index contributed by atoms with van der Waals surface area (Å²) in [5.74, 6) is 0.940. The summed E-state index contributed by atoms with van der Waals surface area (Å²) < 4.78 is 17.4. The SMILES string of the molecule is N#Cc1c(N)nc(SCc2cccnc2)c(C#N)c1-c1ccc(OCCF)cn1. The molecule has 29 heavy (non-hydrogen) atoms. The number of nitrogens with two attached hydrogens (primary N) is 1. The molecule has 0 spiro atoms. The van der Waals surface area contributed by atoms with Gasteiger partial charge in [0.25, 0.3) is 0 Å². The molecule has 0 aliphatic carbocycles. The van der Waals surface area contributed by atoms with E-state index in [2.05, 4.69) is 21.0 Å². The van der Waals surface area contributed by atoms with Crippen LogP contribution < -0.4 is 10.5 Å². The highest BCUT2D eigenvalue weighted by Gasteiger charge is 2.21. The molecule has 3 heterocycles. The highest BCUT2D eigenvalue weighted by Crippen LogP contribution is 2.36. The molecule has 0 aromatic carbocycles. The molecule has 3 aromatic heterocycles. The predicted molar refractivity (Wildman–Crippen MR) is 107 cm³/mol. The molecule has 0 aliphatic rings. The molecular formula is C20H15FN6OS. The number of rotatable bonds is 7. The number of ether oxygens (including phenoxy) is 1. The van der Waals surface area contributed by atoms with Crippen LogP contribution in [0.25, 0.3) is 11.3 Å². The van der Waals surface area contributed by atoms with Crippen molar-refractivity contribution < 1.29 is 9.13 Å². The molecule has 0 aliphatic heterocycles. The summed E-state index contributed by atoms with van der Waals surface area (Å²) in [5.41, 5.74) is 7.94. The Kier molecular flexibility index (Phi) is 6.56. The van der Waals surface area contributed by atoms with Crippen LogP contribution in [0.5, 0.6) is 5.75 Å². The topological polar surface area (TPSA) is 122 Å². The van der Waals surface area contributed by atoms with Gasteiger partial charge < -0.3 is 10.5 Å². The lowest BCUT2D eigenvalue weighted by Crippen LogP contribution is -2.04. The average molecular weight is 406 g/mol. The van der Waals surface area contributed by atoms with Gasteiger partial charge in [0, 0.05) is 23.7 Å². The zero-order valence-electron chi connectivity index (χ0n) is 15.2. The van der Waals surface area contributed by atoms with Crippen LogP contribution in [-0.4, -0.2) is 28.2 Å². The Labute approximate surface area is 171 Å². The van der Waals surface area contributed by atoms with E-state index >= 15 is 0 Å². The Morgan fingerprint density at radius 1 is 1.14 bits per heavy atom. The van der Waals surface area contributed by atoms with Gasteiger partial charge in [-0.15, -0.1) is 11.8 Å². The van der Waals surface area contributed by atoms with E-state index in [1.807, 2.05) is 18.2 Å². The number of nitrogens with zero attached hydrogens (tertiary/aromatic N) is 5. The van der Waals surface area contributed by atoms with Crippen LogP contribution >= 0.6 is 11.8 Å². The van der Waals surface area contributed by atoms with Gasteiger partial charge in [-0.3, -0.25) is 9.97 Å². The molecule has 9 heteroatoms. The fourth-order valence-electron chi connectivity index (χ4n) is 2.56. The largest absolute Gasteiger partial charge is 0.489 e. The van der Waals surface area contributed by atoms with Crippen LogP contribution in [-0.2, 0) is 5.75 Å². The molecule has 0 unspecified atom stereocenters. The first-order chi connectivity index (χ1) is 14.2. The van der Waals surface area contributed by atoms with Gasteiger partial charge >= 0.3 is 0 Å². The molecule has 0 saturated carbocycles. The predicted octanol–water partition coefficient (Wildman–Crippen LogP) is 3.50. The number of nitriles is 2. The number of nitrogen functional groups attached to an aromatic ring is 1. The van der Waals surface area contributed by atoms with Crippen molar-refractivity contribution in [1.29, 1.82) is 10.5 Å². The van der Waals surface area contributed by atoms with Crippen molar-refractivity contribution in [2.24, 2.45) is 0 Å². The number of alkyl halides is 1. The quantitative estimate of drug-likeness (QED) is 0.592. The van der Waals surface area contributed by atoms with Crippen molar-refractivity contribution in [3.8, 4) is 29.1 Å². The van der Waals surface area contributed by atoms with Crippen LogP contribution in [0.15, 0.2) is 47.9 Å². The van der Waals surface area contributed by atoms with Gasteiger partial charge in [0.15, 0.2) is 0 Å². The summed E-state index contributed by atoms with van der Waals surface area (Å²) >= 11 is 1.32. The lowest BCUT2D eigenvalue weighted by molar-refractivity contribution is 0.272. The molecule has 0 radical (unpaired) electrons. The first-order valence-electron chi connectivity index (χ1n) is 8.48. The van der Waals surface area contributed by atoms with Gasteiger partial charge in [-0.2, -0.15) is 10.5 Å². The number of halogens is 1. The van der Waals surface area contributed by atoms with Gasteiger partial charge in [-0.25, -0.2) is 9.37 Å². The van der Waals surface area contributed by atoms with E-state index in [0.29, 0.717) is 27.8 Å². The van der Waals surface area contributed by atoms with E-state index in [9.17, 15) is 14.9 Å². The van der Waals surface area contributed by atoms with Crippen LogP contribution in [0.1, 0.15) is 16.7 Å². The monoisotopic (exact) mass is 406 g/mol. The summed E-state index contributed by atoms with van der Waals surface area (Å²) in [6, 6.07) is 11.1. The van der Waals surface area contributed by atoms with Gasteiger partial charge in [0.1, 0.15) is 47.6 Å². The summed E-state index contributed by atoms with van der Waals surface area (Å²) in [6.07, 6.45) is 4.81. The van der Waals surface area contributed by atoms with Crippen LogP contribution in [0, 0.1) is 22.7 Å². The zero-order valence-corrected chi connectivity index (χ0v) is 16.0. The number of hydrogen-bond donors (Lipinski definition) is 1. The minimum absolute atomic E-state index is 0.0229. The molecule has 7 nitrogen and oxygen atoms in total. The number of pyridine rings is 3. The van der Waals surface area contributed by atoms with Gasteiger partial charge in [0.2, 0.25) is 0 Å². The minimum Gasteiger partial charge on any atom is -0.489 e. The molecule has 0 bridgehead atoms. The second-order valence-electron chi connectivity index (χ2n) is 5.72. The standard InChI is InChI=1S/C20H15FN6OS/c21-5-7-28-14-3-4-17(26-11-14)18-15(8-22)19(24)27-20(16(18)9-23)29-12-13-2-1-6-25-10-13/h1-4,6,10-11H,5,7,12H2,(H2,24,27). The third kappa shape index (κ3) is 4.60. The summed E-state index contributed by atoms with van der Waals surface area (Å²) in [4.78, 5) is 12.6. The van der Waals surface area contributed by atoms with Crippen molar-refractivity contribution in [3.05, 3.63) is 59.5 Å². The summed E-state index contributed by atoms with van der Waals surface area (Å²) in [7, 11) is 0. The summed E-state index contributed by atoms with van der Waals surface area (Å²) in [5, 5.41) is 19.7. The molecule has 3 rings (SSSR count). The zero-order chi connectivity index (χ0) is 20.6. The fourth-order valence-corrected chi connectivity index (χ4v) is 3.49. The first-order valence-corrected chi connectivity index (χ1v) is 9.47. The van der Waals surface area contributed by atoms with Gasteiger partial charge in [0.05, 0.1) is 17.5 Å². The molecule has 2 N–H and O–H groups in total. The second-order valence-corrected chi connectivity index (χ2v) is 6.68. The van der Waals surface area contributed by atoms with Crippen molar-refractivity contribution in [2.45, 2.75) is 10.8 Å². The Morgan fingerprint density at radius 3 is 2.59 bits per heavy atom. The second kappa shape index (κ2) is 9.49. The fraction of sp³-hybridized carbons (Fsp3) is 0.150. The highest BCUT2D eigenvalue weighted by atomic mass is 32.2. The molecule has 0 fully saturated rings. The molecule has 3 aromatic rings. The van der Waals surface area contributed by atoms with Crippen molar-refractivity contribution in [3.63, 3.8) is 0 Å². The van der Waals surface area contributed by atoms with Gasteiger partial charge in [-0.05, 0) is 23.8 Å². The van der Waals surface area contributed by atoms with Crippen LogP contribution in [0.2, 0.25) is 0 Å².